The quantitative estimate of drug-likeness (QED) is 0.706. The molecule has 0 amide bonds. The molecule has 0 unspecified atom stereocenters. The van der Waals surface area contributed by atoms with Gasteiger partial charge in [0.15, 0.2) is 0 Å². The summed E-state index contributed by atoms with van der Waals surface area (Å²) in [5.41, 5.74) is 1.99. The maximum Gasteiger partial charge on any atom is 0.257 e. The second-order valence-electron chi connectivity index (χ2n) is 5.45. The van der Waals surface area contributed by atoms with E-state index in [1.54, 1.807) is 6.08 Å². The molecule has 0 atom stereocenters. The van der Waals surface area contributed by atoms with Crippen LogP contribution in [0.4, 0.5) is 8.78 Å². The Morgan fingerprint density at radius 3 is 2.35 bits per heavy atom. The SMILES string of the molecule is N#Cc1ccc(C2CCC(C/C=C/C(F)F)CC2)cc1. The van der Waals surface area contributed by atoms with E-state index in [1.165, 1.54) is 5.56 Å². The second kappa shape index (κ2) is 7.19. The fourth-order valence-corrected chi connectivity index (χ4v) is 2.94. The summed E-state index contributed by atoms with van der Waals surface area (Å²) in [6, 6.07) is 9.95. The first-order valence-electron chi connectivity index (χ1n) is 7.14. The van der Waals surface area contributed by atoms with Crippen molar-refractivity contribution in [1.82, 2.24) is 0 Å². The summed E-state index contributed by atoms with van der Waals surface area (Å²) < 4.78 is 24.0. The zero-order valence-corrected chi connectivity index (χ0v) is 11.4. The van der Waals surface area contributed by atoms with Gasteiger partial charge in [-0.25, -0.2) is 8.78 Å². The largest absolute Gasteiger partial charge is 0.257 e. The Morgan fingerprint density at radius 2 is 1.80 bits per heavy atom. The Labute approximate surface area is 118 Å². The third-order valence-electron chi connectivity index (χ3n) is 4.11. The van der Waals surface area contributed by atoms with Gasteiger partial charge in [0.2, 0.25) is 0 Å². The zero-order valence-electron chi connectivity index (χ0n) is 11.4. The molecule has 0 N–H and O–H groups in total. The summed E-state index contributed by atoms with van der Waals surface area (Å²) in [5, 5.41) is 8.79. The minimum atomic E-state index is -2.33. The number of halogens is 2. The fraction of sp³-hybridized carbons (Fsp3) is 0.471. The molecule has 0 bridgehead atoms. The van der Waals surface area contributed by atoms with Crippen LogP contribution in [-0.2, 0) is 0 Å². The molecular weight excluding hydrogens is 256 g/mol. The Balaban J connectivity index is 1.83. The monoisotopic (exact) mass is 275 g/mol. The van der Waals surface area contributed by atoms with Crippen molar-refractivity contribution in [2.75, 3.05) is 0 Å². The van der Waals surface area contributed by atoms with E-state index in [9.17, 15) is 8.78 Å². The lowest BCUT2D eigenvalue weighted by molar-refractivity contribution is 0.203. The minimum Gasteiger partial charge on any atom is -0.206 e. The van der Waals surface area contributed by atoms with Gasteiger partial charge in [-0.15, -0.1) is 0 Å². The van der Waals surface area contributed by atoms with Gasteiger partial charge in [0.1, 0.15) is 0 Å². The van der Waals surface area contributed by atoms with Crippen LogP contribution in [-0.4, -0.2) is 6.43 Å². The Kier molecular flexibility index (Phi) is 5.29. The normalized spacial score (nSPS) is 23.1. The van der Waals surface area contributed by atoms with Crippen LogP contribution >= 0.6 is 0 Å². The predicted molar refractivity (Wildman–Crippen MR) is 75.6 cm³/mol. The van der Waals surface area contributed by atoms with E-state index < -0.39 is 6.43 Å². The molecule has 20 heavy (non-hydrogen) atoms. The van der Waals surface area contributed by atoms with Gasteiger partial charge < -0.3 is 0 Å². The van der Waals surface area contributed by atoms with Crippen LogP contribution in [0, 0.1) is 17.2 Å². The molecule has 0 aliphatic heterocycles. The maximum absolute atomic E-state index is 12.0. The van der Waals surface area contributed by atoms with Crippen LogP contribution in [0.25, 0.3) is 0 Å². The lowest BCUT2D eigenvalue weighted by atomic mass is 9.77. The van der Waals surface area contributed by atoms with Crippen LogP contribution in [0.5, 0.6) is 0 Å². The van der Waals surface area contributed by atoms with E-state index in [4.69, 9.17) is 5.26 Å². The molecule has 1 saturated carbocycles. The smallest absolute Gasteiger partial charge is 0.206 e. The number of allylic oxidation sites excluding steroid dienone is 2. The Morgan fingerprint density at radius 1 is 1.15 bits per heavy atom. The van der Waals surface area contributed by atoms with Crippen LogP contribution in [0.1, 0.15) is 49.1 Å². The van der Waals surface area contributed by atoms with Crippen LogP contribution in [0.3, 0.4) is 0 Å². The van der Waals surface area contributed by atoms with E-state index in [0.717, 1.165) is 38.2 Å². The highest BCUT2D eigenvalue weighted by molar-refractivity contribution is 5.33. The molecule has 0 aromatic heterocycles. The third-order valence-corrected chi connectivity index (χ3v) is 4.11. The van der Waals surface area contributed by atoms with Crippen LogP contribution in [0.2, 0.25) is 0 Å². The minimum absolute atomic E-state index is 0.541. The molecule has 1 fully saturated rings. The third kappa shape index (κ3) is 4.16. The molecule has 1 aromatic carbocycles. The summed E-state index contributed by atoms with van der Waals surface area (Å²) in [7, 11) is 0. The number of hydrogen-bond acceptors (Lipinski definition) is 1. The lowest BCUT2D eigenvalue weighted by Crippen LogP contribution is -2.12. The lowest BCUT2D eigenvalue weighted by Gasteiger charge is -2.28. The molecule has 1 aliphatic carbocycles. The number of rotatable bonds is 4. The Hall–Kier alpha value is -1.69. The highest BCUT2D eigenvalue weighted by Crippen LogP contribution is 2.37. The van der Waals surface area contributed by atoms with E-state index in [-0.39, 0.29) is 0 Å². The predicted octanol–water partition coefficient (Wildman–Crippen LogP) is 5.04. The van der Waals surface area contributed by atoms with Gasteiger partial charge in [0, 0.05) is 0 Å². The first kappa shape index (κ1) is 14.7. The molecule has 0 spiro atoms. The fourth-order valence-electron chi connectivity index (χ4n) is 2.94. The highest BCUT2D eigenvalue weighted by Gasteiger charge is 2.21. The summed E-state index contributed by atoms with van der Waals surface area (Å²) in [5.74, 6) is 1.10. The molecule has 0 saturated heterocycles. The summed E-state index contributed by atoms with van der Waals surface area (Å²) in [4.78, 5) is 0. The van der Waals surface area contributed by atoms with Gasteiger partial charge in [-0.3, -0.25) is 0 Å². The molecular formula is C17H19F2N. The molecule has 1 aromatic rings. The average molecular weight is 275 g/mol. The van der Waals surface area contributed by atoms with Gasteiger partial charge in [0.05, 0.1) is 11.6 Å². The van der Waals surface area contributed by atoms with Crippen LogP contribution < -0.4 is 0 Å². The maximum atomic E-state index is 12.0. The van der Waals surface area contributed by atoms with Gasteiger partial charge in [-0.05, 0) is 67.7 Å². The molecule has 1 aliphatic rings. The van der Waals surface area contributed by atoms with E-state index in [2.05, 4.69) is 6.07 Å². The first-order valence-corrected chi connectivity index (χ1v) is 7.14. The van der Waals surface area contributed by atoms with Crippen molar-refractivity contribution in [3.05, 3.63) is 47.5 Å². The van der Waals surface area contributed by atoms with E-state index in [1.807, 2.05) is 24.3 Å². The first-order chi connectivity index (χ1) is 9.69. The van der Waals surface area contributed by atoms with Crippen molar-refractivity contribution < 1.29 is 8.78 Å². The average Bonchev–Trinajstić information content (AvgIpc) is 2.48. The summed E-state index contributed by atoms with van der Waals surface area (Å²) in [6.45, 7) is 0. The van der Waals surface area contributed by atoms with Crippen molar-refractivity contribution >= 4 is 0 Å². The molecule has 0 radical (unpaired) electrons. The topological polar surface area (TPSA) is 23.8 Å². The van der Waals surface area contributed by atoms with E-state index >= 15 is 0 Å². The van der Waals surface area contributed by atoms with Crippen molar-refractivity contribution in [3.63, 3.8) is 0 Å². The van der Waals surface area contributed by atoms with Gasteiger partial charge in [-0.2, -0.15) is 5.26 Å². The Bertz CT molecular complexity index is 477. The number of benzene rings is 1. The molecule has 0 heterocycles. The van der Waals surface area contributed by atoms with Crippen LogP contribution in [0.15, 0.2) is 36.4 Å². The number of alkyl halides is 2. The van der Waals surface area contributed by atoms with Crippen molar-refractivity contribution in [2.45, 2.75) is 44.4 Å². The van der Waals surface area contributed by atoms with Gasteiger partial charge in [0.25, 0.3) is 6.43 Å². The second-order valence-corrected chi connectivity index (χ2v) is 5.45. The van der Waals surface area contributed by atoms with Crippen molar-refractivity contribution in [2.24, 2.45) is 5.92 Å². The van der Waals surface area contributed by atoms with Gasteiger partial charge in [-0.1, -0.05) is 18.2 Å². The van der Waals surface area contributed by atoms with Crippen molar-refractivity contribution in [3.8, 4) is 6.07 Å². The van der Waals surface area contributed by atoms with E-state index in [0.29, 0.717) is 17.4 Å². The zero-order chi connectivity index (χ0) is 14.4. The molecule has 1 nitrogen and oxygen atoms in total. The summed E-state index contributed by atoms with van der Waals surface area (Å²) in [6.07, 6.45) is 5.47. The molecule has 3 heteroatoms. The highest BCUT2D eigenvalue weighted by atomic mass is 19.3. The summed E-state index contributed by atoms with van der Waals surface area (Å²) >= 11 is 0. The van der Waals surface area contributed by atoms with Gasteiger partial charge >= 0.3 is 0 Å². The number of hydrogen-bond donors (Lipinski definition) is 0. The standard InChI is InChI=1S/C17H19F2N/c18-17(19)3-1-2-13-4-8-15(9-5-13)16-10-6-14(12-20)7-11-16/h1,3,6-7,10-11,13,15,17H,2,4-5,8-9H2/b3-1+. The number of nitriles is 1. The molecule has 2 rings (SSSR count). The molecule has 106 valence electrons. The number of nitrogens with zero attached hydrogens (tertiary/aromatic N) is 1. The van der Waals surface area contributed by atoms with Crippen molar-refractivity contribution in [1.29, 1.82) is 5.26 Å².